The van der Waals surface area contributed by atoms with Crippen LogP contribution in [-0.4, -0.2) is 107 Å². The molecule has 0 unspecified atom stereocenters. The van der Waals surface area contributed by atoms with E-state index >= 15 is 0 Å². The molecule has 42 heavy (non-hydrogen) atoms. The second-order valence-corrected chi connectivity index (χ2v) is 10.6. The fourth-order valence-corrected chi connectivity index (χ4v) is 4.82. The Labute approximate surface area is 246 Å². The Morgan fingerprint density at radius 3 is 2.71 bits per heavy atom. The zero-order valence-corrected chi connectivity index (χ0v) is 24.9. The third kappa shape index (κ3) is 7.30. The van der Waals surface area contributed by atoms with Gasteiger partial charge in [0.2, 0.25) is 11.9 Å². The molecule has 3 aromatic rings. The molecule has 1 amide bonds. The monoisotopic (exact) mass is 579 g/mol. The van der Waals surface area contributed by atoms with Crippen molar-refractivity contribution in [2.24, 2.45) is 5.73 Å². The third-order valence-electron chi connectivity index (χ3n) is 7.12. The van der Waals surface area contributed by atoms with Gasteiger partial charge in [-0.3, -0.25) is 9.69 Å². The van der Waals surface area contributed by atoms with E-state index < -0.39 is 12.0 Å². The van der Waals surface area contributed by atoms with Gasteiger partial charge in [0.15, 0.2) is 5.82 Å². The molecule has 1 saturated heterocycles. The number of nitrogens with one attached hydrogen (secondary N) is 1. The van der Waals surface area contributed by atoms with Crippen LogP contribution in [-0.2, 0) is 16.1 Å². The minimum absolute atomic E-state index is 0.184. The van der Waals surface area contributed by atoms with Crippen LogP contribution in [0.2, 0.25) is 0 Å². The van der Waals surface area contributed by atoms with E-state index in [9.17, 15) is 9.90 Å². The molecule has 1 aliphatic heterocycles. The molecule has 0 radical (unpaired) electrons. The van der Waals surface area contributed by atoms with Crippen molar-refractivity contribution < 1.29 is 19.4 Å². The summed E-state index contributed by atoms with van der Waals surface area (Å²) < 4.78 is 12.8. The van der Waals surface area contributed by atoms with Crippen molar-refractivity contribution in [3.8, 4) is 11.6 Å². The number of likely N-dealkylation sites (tertiary alicyclic amines) is 1. The summed E-state index contributed by atoms with van der Waals surface area (Å²) in [5.41, 5.74) is 12.1. The zero-order valence-electron chi connectivity index (χ0n) is 24.9. The summed E-state index contributed by atoms with van der Waals surface area (Å²) in [4.78, 5) is 25.7. The molecule has 4 rings (SSSR count). The number of aliphatic hydroxyl groups excluding tert-OH is 1. The number of anilines is 2. The maximum Gasteiger partial charge on any atom is 0.248 e. The highest BCUT2D eigenvalue weighted by Crippen LogP contribution is 2.34. The number of nitrogens with zero attached hydrogens (tertiary/aromatic N) is 7. The molecule has 3 heterocycles. The van der Waals surface area contributed by atoms with Crippen molar-refractivity contribution in [2.75, 3.05) is 59.5 Å². The average molecular weight is 580 g/mol. The van der Waals surface area contributed by atoms with E-state index in [4.69, 9.17) is 20.2 Å². The summed E-state index contributed by atoms with van der Waals surface area (Å²) in [7, 11) is 7.24. The first-order chi connectivity index (χ1) is 20.1. The molecule has 13 heteroatoms. The molecule has 0 aliphatic carbocycles. The van der Waals surface area contributed by atoms with Gasteiger partial charge in [0.05, 0.1) is 25.5 Å². The first kappa shape index (κ1) is 31.1. The van der Waals surface area contributed by atoms with E-state index in [0.29, 0.717) is 54.9 Å². The Hall–Kier alpha value is -3.88. The van der Waals surface area contributed by atoms with Crippen LogP contribution in [0.3, 0.4) is 0 Å². The second-order valence-electron chi connectivity index (χ2n) is 10.6. The number of hydrogen-bond donors (Lipinski definition) is 3. The molecule has 2 aromatic heterocycles. The Morgan fingerprint density at radius 2 is 2.05 bits per heavy atom. The van der Waals surface area contributed by atoms with Crippen molar-refractivity contribution in [2.45, 2.75) is 32.1 Å². The summed E-state index contributed by atoms with van der Waals surface area (Å²) >= 11 is 0. The number of aliphatic hydroxyl groups is 1. The Morgan fingerprint density at radius 1 is 1.26 bits per heavy atom. The molecular formula is C29H41N9O4. The largest absolute Gasteiger partial charge is 0.495 e. The van der Waals surface area contributed by atoms with E-state index in [1.54, 1.807) is 54.5 Å². The predicted octanol–water partition coefficient (Wildman–Crippen LogP) is 1.26. The van der Waals surface area contributed by atoms with Gasteiger partial charge >= 0.3 is 0 Å². The van der Waals surface area contributed by atoms with Crippen LogP contribution in [0.1, 0.15) is 23.1 Å². The fraction of sp³-hybridized carbons (Fsp3) is 0.448. The zero-order chi connectivity index (χ0) is 30.4. The van der Waals surface area contributed by atoms with Crippen molar-refractivity contribution in [3.05, 3.63) is 60.1 Å². The predicted molar refractivity (Wildman–Crippen MR) is 161 cm³/mol. The van der Waals surface area contributed by atoms with Crippen LogP contribution in [0, 0.1) is 6.92 Å². The van der Waals surface area contributed by atoms with Crippen molar-refractivity contribution in [1.29, 1.82) is 0 Å². The van der Waals surface area contributed by atoms with Gasteiger partial charge in [-0.2, -0.15) is 10.1 Å². The van der Waals surface area contributed by atoms with E-state index in [1.807, 2.05) is 27.2 Å². The molecule has 0 saturated carbocycles. The van der Waals surface area contributed by atoms with E-state index in [-0.39, 0.29) is 11.7 Å². The van der Waals surface area contributed by atoms with Crippen LogP contribution >= 0.6 is 0 Å². The summed E-state index contributed by atoms with van der Waals surface area (Å²) in [6.07, 6.45) is 5.62. The van der Waals surface area contributed by atoms with Gasteiger partial charge in [-0.15, -0.1) is 0 Å². The molecule has 2 atom stereocenters. The molecular weight excluding hydrogens is 538 g/mol. The highest BCUT2D eigenvalue weighted by Gasteiger charge is 2.31. The minimum atomic E-state index is -0.610. The first-order valence-electron chi connectivity index (χ1n) is 13.8. The fourth-order valence-electron chi connectivity index (χ4n) is 4.82. The number of nitrogens with two attached hydrogens (primary N) is 1. The normalized spacial score (nSPS) is 17.1. The summed E-state index contributed by atoms with van der Waals surface area (Å²) in [6.45, 7) is 9.07. The lowest BCUT2D eigenvalue weighted by atomic mass is 10.1. The lowest BCUT2D eigenvalue weighted by Gasteiger charge is -2.26. The molecule has 4 N–H and O–H groups in total. The summed E-state index contributed by atoms with van der Waals surface area (Å²) in [5.74, 6) is 0.911. The maximum atomic E-state index is 11.9. The summed E-state index contributed by atoms with van der Waals surface area (Å²) in [5, 5.41) is 16.5. The second kappa shape index (κ2) is 13.9. The quantitative estimate of drug-likeness (QED) is 0.144. The number of aryl methyl sites for hydroxylation is 1. The first-order valence-corrected chi connectivity index (χ1v) is 13.8. The average Bonchev–Trinajstić information content (AvgIpc) is 3.58. The van der Waals surface area contributed by atoms with Crippen LogP contribution in [0.15, 0.2) is 43.4 Å². The number of aromatic nitrogens is 4. The van der Waals surface area contributed by atoms with Crippen LogP contribution in [0.5, 0.6) is 5.75 Å². The van der Waals surface area contributed by atoms with Crippen molar-refractivity contribution in [3.63, 3.8) is 0 Å². The molecule has 1 aromatic carbocycles. The van der Waals surface area contributed by atoms with Crippen molar-refractivity contribution >= 4 is 23.1 Å². The lowest BCUT2D eigenvalue weighted by molar-refractivity contribution is -0.112. The highest BCUT2D eigenvalue weighted by atomic mass is 16.5. The van der Waals surface area contributed by atoms with E-state index in [0.717, 1.165) is 24.1 Å². The van der Waals surface area contributed by atoms with Gasteiger partial charge in [0.25, 0.3) is 0 Å². The van der Waals surface area contributed by atoms with Gasteiger partial charge in [0, 0.05) is 62.4 Å². The highest BCUT2D eigenvalue weighted by molar-refractivity contribution is 6.18. The Kier molecular flexibility index (Phi) is 10.2. The molecule has 1 fully saturated rings. The topological polar surface area (TPSA) is 147 Å². The lowest BCUT2D eigenvalue weighted by Crippen LogP contribution is -2.37. The minimum Gasteiger partial charge on any atom is -0.495 e. The number of methoxy groups -OCH3 is 2. The van der Waals surface area contributed by atoms with Gasteiger partial charge < -0.3 is 25.2 Å². The SMILES string of the molecule is C=C(C(N)=O)c1ccc(OC)c(N(NCCCN(C)C)c2ncc(C)c(-n3cc(CN4C[C@H](O)[C@H](OC)C4)cn3)n2)c1. The standard InChI is InChI=1S/C29H41N9O4/c1-19-13-31-29(34-28(19)37-16-21(14-33-37)15-36-17-24(39)26(18-36)42-6)38(32-10-7-11-35(3)4)23-12-22(20(2)27(30)40)8-9-25(23)41-5/h8-9,12-14,16,24,26,32,39H,2,7,10-11,15,17-18H2,1,3-6H3,(H2,30,40)/t24-,26+/m0/s1. The van der Waals surface area contributed by atoms with E-state index in [2.05, 4.69) is 31.9 Å². The van der Waals surface area contributed by atoms with Crippen molar-refractivity contribution in [1.82, 2.24) is 35.0 Å². The molecule has 226 valence electrons. The number of ether oxygens (including phenoxy) is 2. The number of carbonyl (C=O) groups is 1. The third-order valence-corrected chi connectivity index (χ3v) is 7.12. The van der Waals surface area contributed by atoms with E-state index in [1.165, 1.54) is 0 Å². The van der Waals surface area contributed by atoms with Crippen LogP contribution < -0.4 is 20.9 Å². The number of hydrazine groups is 1. The van der Waals surface area contributed by atoms with Gasteiger partial charge in [-0.1, -0.05) is 12.6 Å². The van der Waals surface area contributed by atoms with Gasteiger partial charge in [-0.05, 0) is 51.7 Å². The number of rotatable bonds is 14. The number of carbonyl (C=O) groups excluding carboxylic acids is 1. The molecule has 0 spiro atoms. The number of primary amides is 1. The number of hydrogen-bond acceptors (Lipinski definition) is 11. The molecule has 0 bridgehead atoms. The number of β-amino-alcohol motifs (C(OH)–C–C–N with tert-alkyl or cyclic N) is 1. The number of amides is 1. The van der Waals surface area contributed by atoms with Crippen LogP contribution in [0.4, 0.5) is 11.6 Å². The molecule has 13 nitrogen and oxygen atoms in total. The van der Waals surface area contributed by atoms with Crippen LogP contribution in [0.25, 0.3) is 11.4 Å². The molecule has 1 aliphatic rings. The van der Waals surface area contributed by atoms with Gasteiger partial charge in [0.1, 0.15) is 11.4 Å². The Bertz CT molecular complexity index is 1390. The smallest absolute Gasteiger partial charge is 0.248 e. The summed E-state index contributed by atoms with van der Waals surface area (Å²) in [6, 6.07) is 5.27. The number of benzene rings is 1. The van der Waals surface area contributed by atoms with Gasteiger partial charge in [-0.25, -0.2) is 20.1 Å². The maximum absolute atomic E-state index is 11.9. The Balaban J connectivity index is 1.67.